The predicted molar refractivity (Wildman–Crippen MR) is 94.6 cm³/mol. The molecule has 0 saturated carbocycles. The van der Waals surface area contributed by atoms with Crippen LogP contribution in [0.5, 0.6) is 0 Å². The molecule has 0 spiro atoms. The number of aromatic nitrogens is 1. The summed E-state index contributed by atoms with van der Waals surface area (Å²) in [6.07, 6.45) is -3.85. The van der Waals surface area contributed by atoms with Crippen LogP contribution in [0.3, 0.4) is 0 Å². The van der Waals surface area contributed by atoms with Gasteiger partial charge < -0.3 is 5.32 Å². The SMILES string of the molecule is CC(=O)c1ccc(NC(=O)[C@@H](C)Sc2ncc(C(F)(F)F)cc2Cl)cc1. The molecule has 1 amide bonds. The molecule has 0 aliphatic rings. The summed E-state index contributed by atoms with van der Waals surface area (Å²) in [4.78, 5) is 27.1. The summed E-state index contributed by atoms with van der Waals surface area (Å²) in [6.45, 7) is 3.02. The molecule has 1 aromatic carbocycles. The molecule has 1 N–H and O–H groups in total. The van der Waals surface area contributed by atoms with Crippen molar-refractivity contribution in [1.82, 2.24) is 4.98 Å². The van der Waals surface area contributed by atoms with E-state index < -0.39 is 17.0 Å². The first-order valence-corrected chi connectivity index (χ1v) is 8.65. The number of benzene rings is 1. The average molecular weight is 403 g/mol. The van der Waals surface area contributed by atoms with Gasteiger partial charge in [-0.25, -0.2) is 4.98 Å². The summed E-state index contributed by atoms with van der Waals surface area (Å²) >= 11 is 6.79. The Bertz CT molecular complexity index is 826. The highest BCUT2D eigenvalue weighted by Gasteiger charge is 2.32. The molecule has 0 aliphatic carbocycles. The van der Waals surface area contributed by atoms with Crippen molar-refractivity contribution in [1.29, 1.82) is 0 Å². The Labute approximate surface area is 157 Å². The van der Waals surface area contributed by atoms with E-state index in [-0.39, 0.29) is 21.7 Å². The van der Waals surface area contributed by atoms with E-state index >= 15 is 0 Å². The molecule has 0 unspecified atom stereocenters. The zero-order valence-corrected chi connectivity index (χ0v) is 15.3. The minimum Gasteiger partial charge on any atom is -0.325 e. The van der Waals surface area contributed by atoms with Crippen molar-refractivity contribution in [2.24, 2.45) is 0 Å². The van der Waals surface area contributed by atoms with Crippen molar-refractivity contribution in [3.8, 4) is 0 Å². The van der Waals surface area contributed by atoms with Crippen molar-refractivity contribution in [3.05, 3.63) is 52.7 Å². The molecule has 0 saturated heterocycles. The van der Waals surface area contributed by atoms with E-state index in [9.17, 15) is 22.8 Å². The van der Waals surface area contributed by atoms with Crippen molar-refractivity contribution in [2.45, 2.75) is 30.3 Å². The quantitative estimate of drug-likeness (QED) is 0.560. The van der Waals surface area contributed by atoms with Gasteiger partial charge in [0.15, 0.2) is 5.78 Å². The van der Waals surface area contributed by atoms with Crippen LogP contribution >= 0.6 is 23.4 Å². The first-order chi connectivity index (χ1) is 12.1. The second-order valence-corrected chi connectivity index (χ2v) is 7.13. The number of nitrogens with zero attached hydrogens (tertiary/aromatic N) is 1. The highest BCUT2D eigenvalue weighted by Crippen LogP contribution is 2.35. The largest absolute Gasteiger partial charge is 0.417 e. The lowest BCUT2D eigenvalue weighted by atomic mass is 10.1. The molecule has 0 fully saturated rings. The summed E-state index contributed by atoms with van der Waals surface area (Å²) in [5, 5.41) is 1.97. The zero-order valence-electron chi connectivity index (χ0n) is 13.7. The molecule has 0 aliphatic heterocycles. The molecule has 2 aromatic rings. The van der Waals surface area contributed by atoms with Gasteiger partial charge in [0.25, 0.3) is 0 Å². The van der Waals surface area contributed by atoms with Crippen molar-refractivity contribution in [2.75, 3.05) is 5.32 Å². The number of halogens is 4. The molecule has 9 heteroatoms. The normalized spacial score (nSPS) is 12.5. The van der Waals surface area contributed by atoms with Crippen LogP contribution in [0.25, 0.3) is 0 Å². The maximum atomic E-state index is 12.6. The fourth-order valence-corrected chi connectivity index (χ4v) is 3.01. The fraction of sp³-hybridized carbons (Fsp3) is 0.235. The molecule has 0 radical (unpaired) electrons. The number of hydrogen-bond donors (Lipinski definition) is 1. The summed E-state index contributed by atoms with van der Waals surface area (Å²) < 4.78 is 37.9. The van der Waals surface area contributed by atoms with Gasteiger partial charge in [0.1, 0.15) is 5.03 Å². The molecule has 4 nitrogen and oxygen atoms in total. The number of amides is 1. The minimum absolute atomic E-state index is 0.0881. The number of alkyl halides is 3. The summed E-state index contributed by atoms with van der Waals surface area (Å²) in [5.41, 5.74) is 0.0691. The Hall–Kier alpha value is -2.06. The Kier molecular flexibility index (Phi) is 6.30. The van der Waals surface area contributed by atoms with Crippen LogP contribution in [0.1, 0.15) is 29.8 Å². The van der Waals surface area contributed by atoms with Gasteiger partial charge >= 0.3 is 6.18 Å². The lowest BCUT2D eigenvalue weighted by molar-refractivity contribution is -0.137. The zero-order chi connectivity index (χ0) is 19.5. The van der Waals surface area contributed by atoms with Crippen LogP contribution in [0.4, 0.5) is 18.9 Å². The van der Waals surface area contributed by atoms with E-state index in [1.165, 1.54) is 6.92 Å². The lowest BCUT2D eigenvalue weighted by Gasteiger charge is -2.13. The highest BCUT2D eigenvalue weighted by atomic mass is 35.5. The molecule has 1 heterocycles. The maximum absolute atomic E-state index is 12.6. The van der Waals surface area contributed by atoms with E-state index in [4.69, 9.17) is 11.6 Å². The van der Waals surface area contributed by atoms with E-state index in [2.05, 4.69) is 10.3 Å². The van der Waals surface area contributed by atoms with Crippen molar-refractivity contribution < 1.29 is 22.8 Å². The van der Waals surface area contributed by atoms with Crippen LogP contribution in [-0.4, -0.2) is 21.9 Å². The number of rotatable bonds is 5. The number of thioether (sulfide) groups is 1. The van der Waals surface area contributed by atoms with Crippen molar-refractivity contribution in [3.63, 3.8) is 0 Å². The second-order valence-electron chi connectivity index (χ2n) is 5.39. The number of ketones is 1. The number of nitrogens with one attached hydrogen (secondary N) is 1. The average Bonchev–Trinajstić information content (AvgIpc) is 2.56. The van der Waals surface area contributed by atoms with Gasteiger partial charge in [0, 0.05) is 17.4 Å². The third kappa shape index (κ3) is 5.22. The standard InChI is InChI=1S/C17H14ClF3N2O2S/c1-9(24)11-3-5-13(6-4-11)23-15(25)10(2)26-16-14(18)7-12(8-22-16)17(19,20)21/h3-8,10H,1-2H3,(H,23,25)/t10-/m1/s1. The predicted octanol–water partition coefficient (Wildman–Crippen LogP) is 5.08. The molecule has 1 aromatic heterocycles. The number of anilines is 1. The number of hydrogen-bond acceptors (Lipinski definition) is 4. The third-order valence-corrected chi connectivity index (χ3v) is 4.87. The van der Waals surface area contributed by atoms with Gasteiger partial charge in [-0.2, -0.15) is 13.2 Å². The minimum atomic E-state index is -4.53. The van der Waals surface area contributed by atoms with E-state index in [1.807, 2.05) is 0 Å². The van der Waals surface area contributed by atoms with E-state index in [0.717, 1.165) is 17.8 Å². The maximum Gasteiger partial charge on any atom is 0.417 e. The molecule has 0 bridgehead atoms. The Morgan fingerprint density at radius 3 is 2.35 bits per heavy atom. The fourth-order valence-electron chi connectivity index (χ4n) is 1.92. The molecule has 26 heavy (non-hydrogen) atoms. The Morgan fingerprint density at radius 1 is 1.23 bits per heavy atom. The van der Waals surface area contributed by atoms with Crippen LogP contribution in [0.2, 0.25) is 5.02 Å². The first-order valence-electron chi connectivity index (χ1n) is 7.39. The number of carbonyl (C=O) groups is 2. The summed E-state index contributed by atoms with van der Waals surface area (Å²) in [5.74, 6) is -0.460. The van der Waals surface area contributed by atoms with Gasteiger partial charge in [0.2, 0.25) is 5.91 Å². The lowest BCUT2D eigenvalue weighted by Crippen LogP contribution is -2.22. The second kappa shape index (κ2) is 8.09. The Balaban J connectivity index is 2.03. The topological polar surface area (TPSA) is 59.1 Å². The van der Waals surface area contributed by atoms with Gasteiger partial charge in [-0.3, -0.25) is 9.59 Å². The molecular formula is C17H14ClF3N2O2S. The van der Waals surface area contributed by atoms with Crippen LogP contribution in [-0.2, 0) is 11.0 Å². The number of pyridine rings is 1. The summed E-state index contributed by atoms with van der Waals surface area (Å²) in [7, 11) is 0. The van der Waals surface area contributed by atoms with Crippen LogP contribution in [0.15, 0.2) is 41.6 Å². The molecular weight excluding hydrogens is 389 g/mol. The van der Waals surface area contributed by atoms with E-state index in [1.54, 1.807) is 31.2 Å². The molecule has 1 atom stereocenters. The van der Waals surface area contributed by atoms with Gasteiger partial charge in [-0.05, 0) is 44.2 Å². The highest BCUT2D eigenvalue weighted by molar-refractivity contribution is 8.00. The number of carbonyl (C=O) groups excluding carboxylic acids is 2. The third-order valence-electron chi connectivity index (χ3n) is 3.35. The summed E-state index contributed by atoms with van der Waals surface area (Å²) in [6, 6.07) is 7.14. The van der Waals surface area contributed by atoms with E-state index in [0.29, 0.717) is 17.4 Å². The number of Topliss-reactive ketones (excluding diaryl/α,β-unsaturated/α-hetero) is 1. The smallest absolute Gasteiger partial charge is 0.325 e. The van der Waals surface area contributed by atoms with Gasteiger partial charge in [0.05, 0.1) is 15.8 Å². The van der Waals surface area contributed by atoms with Crippen molar-refractivity contribution >= 4 is 40.7 Å². The van der Waals surface area contributed by atoms with Crippen LogP contribution in [0, 0.1) is 0 Å². The first kappa shape index (κ1) is 20.3. The monoisotopic (exact) mass is 402 g/mol. The molecule has 2 rings (SSSR count). The van der Waals surface area contributed by atoms with Crippen LogP contribution < -0.4 is 5.32 Å². The molecule has 138 valence electrons. The van der Waals surface area contributed by atoms with Gasteiger partial charge in [-0.15, -0.1) is 0 Å². The Morgan fingerprint density at radius 2 is 1.85 bits per heavy atom. The van der Waals surface area contributed by atoms with Gasteiger partial charge in [-0.1, -0.05) is 23.4 Å².